The number of ether oxygens (including phenoxy) is 3. The van der Waals surface area contributed by atoms with Crippen molar-refractivity contribution in [3.63, 3.8) is 0 Å². The van der Waals surface area contributed by atoms with Crippen LogP contribution in [0.25, 0.3) is 11.2 Å². The number of carbonyl (C=O) groups is 2. The maximum atomic E-state index is 12.9. The summed E-state index contributed by atoms with van der Waals surface area (Å²) in [6.07, 6.45) is 2.08. The number of rotatable bonds is 7. The number of fused-ring (bicyclic) bond motifs is 2. The number of nitrogen functional groups attached to an aromatic ring is 1. The summed E-state index contributed by atoms with van der Waals surface area (Å²) in [5.41, 5.74) is 7.81. The van der Waals surface area contributed by atoms with Crippen LogP contribution in [0.1, 0.15) is 46.6 Å². The predicted molar refractivity (Wildman–Crippen MR) is 152 cm³/mol. The van der Waals surface area contributed by atoms with Crippen molar-refractivity contribution >= 4 is 34.6 Å². The molecule has 220 valence electrons. The summed E-state index contributed by atoms with van der Waals surface area (Å²) < 4.78 is 20.6. The minimum absolute atomic E-state index is 0.0304. The summed E-state index contributed by atoms with van der Waals surface area (Å²) in [5.74, 6) is -0.788. The van der Waals surface area contributed by atoms with Crippen LogP contribution in [0.5, 0.6) is 0 Å². The van der Waals surface area contributed by atoms with E-state index >= 15 is 0 Å². The molecule has 0 bridgehead atoms. The Kier molecular flexibility index (Phi) is 7.38. The lowest BCUT2D eigenvalue weighted by Crippen LogP contribution is -2.47. The van der Waals surface area contributed by atoms with Gasteiger partial charge in [-0.15, -0.1) is 0 Å². The number of carbonyl (C=O) groups excluding carboxylic acids is 2. The lowest BCUT2D eigenvalue weighted by Gasteiger charge is -2.29. The predicted octanol–water partition coefficient (Wildman–Crippen LogP) is 2.58. The highest BCUT2D eigenvalue weighted by Crippen LogP contribution is 2.47. The molecule has 4 N–H and O–H groups in total. The standard InChI is InChI=1S/C28H38N8O5/c1-26(2,3)17-7-9-18(10-8-17)34-25(38)30-12-11-20(37)35(6)13-19-22-28(14-39-19,41-27(4,5)40-22)36-16-33-21-23(29)31-15-32-24(21)36/h7-10,15-16,19,22H,11-14H2,1-6H3,(H2,29,31,32)(H2,30,34,38)/t19-,22-,28-/m1/s1. The Bertz CT molecular complexity index is 1430. The van der Waals surface area contributed by atoms with Crippen LogP contribution in [0.15, 0.2) is 36.9 Å². The Morgan fingerprint density at radius 2 is 1.90 bits per heavy atom. The van der Waals surface area contributed by atoms with E-state index in [2.05, 4.69) is 46.4 Å². The summed E-state index contributed by atoms with van der Waals surface area (Å²) in [4.78, 5) is 39.6. The van der Waals surface area contributed by atoms with E-state index in [4.69, 9.17) is 19.9 Å². The highest BCUT2D eigenvalue weighted by Gasteiger charge is 2.63. The van der Waals surface area contributed by atoms with E-state index in [1.165, 1.54) is 11.9 Å². The van der Waals surface area contributed by atoms with Gasteiger partial charge in [0.2, 0.25) is 11.6 Å². The van der Waals surface area contributed by atoms with Crippen molar-refractivity contribution in [1.82, 2.24) is 29.7 Å². The van der Waals surface area contributed by atoms with Gasteiger partial charge in [0.25, 0.3) is 0 Å². The minimum atomic E-state index is -1.04. The molecule has 3 atom stereocenters. The topological polar surface area (TPSA) is 159 Å². The van der Waals surface area contributed by atoms with E-state index in [1.54, 1.807) is 22.8 Å². The first kappa shape index (κ1) is 28.7. The quantitative estimate of drug-likeness (QED) is 0.391. The van der Waals surface area contributed by atoms with E-state index in [0.29, 0.717) is 16.9 Å². The second-order valence-electron chi connectivity index (χ2n) is 12.0. The molecule has 13 nitrogen and oxygen atoms in total. The molecule has 41 heavy (non-hydrogen) atoms. The van der Waals surface area contributed by atoms with Crippen LogP contribution in [0, 0.1) is 0 Å². The third kappa shape index (κ3) is 5.69. The molecule has 3 aromatic rings. The second kappa shape index (κ2) is 10.5. The van der Waals surface area contributed by atoms with E-state index in [9.17, 15) is 9.59 Å². The van der Waals surface area contributed by atoms with Gasteiger partial charge in [-0.1, -0.05) is 32.9 Å². The molecule has 2 aromatic heterocycles. The van der Waals surface area contributed by atoms with Gasteiger partial charge in [0.05, 0.1) is 12.9 Å². The van der Waals surface area contributed by atoms with Gasteiger partial charge in [0, 0.05) is 32.2 Å². The Morgan fingerprint density at radius 3 is 2.61 bits per heavy atom. The zero-order valence-electron chi connectivity index (χ0n) is 24.3. The fraction of sp³-hybridized carbons (Fsp3) is 0.536. The number of nitrogens with zero attached hydrogens (tertiary/aromatic N) is 5. The molecule has 0 saturated carbocycles. The molecular weight excluding hydrogens is 528 g/mol. The van der Waals surface area contributed by atoms with Gasteiger partial charge in [0.1, 0.15) is 24.1 Å². The molecule has 0 spiro atoms. The Labute approximate surface area is 238 Å². The number of imidazole rings is 1. The summed E-state index contributed by atoms with van der Waals surface area (Å²) in [5, 5.41) is 5.54. The highest BCUT2D eigenvalue weighted by molar-refractivity contribution is 5.89. The first-order chi connectivity index (χ1) is 19.3. The fourth-order valence-corrected chi connectivity index (χ4v) is 5.31. The van der Waals surface area contributed by atoms with Crippen molar-refractivity contribution in [2.24, 2.45) is 0 Å². The molecule has 0 radical (unpaired) electrons. The molecule has 4 heterocycles. The summed E-state index contributed by atoms with van der Waals surface area (Å²) >= 11 is 0. The zero-order chi connectivity index (χ0) is 29.6. The van der Waals surface area contributed by atoms with Crippen molar-refractivity contribution < 1.29 is 23.8 Å². The Balaban J connectivity index is 1.17. The van der Waals surface area contributed by atoms with E-state index < -0.39 is 23.7 Å². The molecule has 3 amide bonds. The molecule has 2 fully saturated rings. The minimum Gasteiger partial charge on any atom is -0.382 e. The third-order valence-electron chi connectivity index (χ3n) is 7.40. The van der Waals surface area contributed by atoms with Gasteiger partial charge >= 0.3 is 6.03 Å². The number of amides is 3. The van der Waals surface area contributed by atoms with Gasteiger partial charge in [-0.05, 0) is 37.0 Å². The van der Waals surface area contributed by atoms with Gasteiger partial charge in [0.15, 0.2) is 17.3 Å². The average molecular weight is 567 g/mol. The second-order valence-corrected chi connectivity index (χ2v) is 12.0. The zero-order valence-corrected chi connectivity index (χ0v) is 24.3. The van der Waals surface area contributed by atoms with Crippen LogP contribution in [0.3, 0.4) is 0 Å². The van der Waals surface area contributed by atoms with Gasteiger partial charge in [-0.3, -0.25) is 9.36 Å². The van der Waals surface area contributed by atoms with Crippen molar-refractivity contribution in [3.05, 3.63) is 42.5 Å². The smallest absolute Gasteiger partial charge is 0.319 e. The number of anilines is 2. The van der Waals surface area contributed by atoms with Gasteiger partial charge < -0.3 is 35.5 Å². The molecule has 2 saturated heterocycles. The number of aromatic nitrogens is 4. The average Bonchev–Trinajstić information content (AvgIpc) is 3.55. The molecule has 5 rings (SSSR count). The molecule has 0 aliphatic carbocycles. The van der Waals surface area contributed by atoms with Gasteiger partial charge in [-0.2, -0.15) is 0 Å². The molecule has 0 unspecified atom stereocenters. The molecule has 1 aromatic carbocycles. The number of likely N-dealkylation sites (N-methyl/N-ethyl adjacent to an activating group) is 1. The van der Waals surface area contributed by atoms with Crippen molar-refractivity contribution in [3.8, 4) is 0 Å². The Hall–Kier alpha value is -3.81. The number of hydrogen-bond donors (Lipinski definition) is 3. The van der Waals surface area contributed by atoms with Crippen LogP contribution in [-0.2, 0) is 30.1 Å². The molecular formula is C28H38N8O5. The summed E-state index contributed by atoms with van der Waals surface area (Å²) in [7, 11) is 1.70. The van der Waals surface area contributed by atoms with Crippen molar-refractivity contribution in [2.75, 3.05) is 37.8 Å². The van der Waals surface area contributed by atoms with Crippen LogP contribution in [0.2, 0.25) is 0 Å². The van der Waals surface area contributed by atoms with E-state index in [-0.39, 0.29) is 49.3 Å². The number of benzene rings is 1. The highest BCUT2D eigenvalue weighted by atomic mass is 16.8. The maximum absolute atomic E-state index is 12.9. The SMILES string of the molecule is CN(C[C@H]1OC[C@@]2(n3cnc4c(N)ncnc43)OC(C)(C)O[C@H]12)C(=O)CCNC(=O)Nc1ccc(C(C)(C)C)cc1. The Morgan fingerprint density at radius 1 is 1.17 bits per heavy atom. The number of nitrogens with two attached hydrogens (primary N) is 1. The lowest BCUT2D eigenvalue weighted by molar-refractivity contribution is -0.205. The number of nitrogens with one attached hydrogen (secondary N) is 2. The van der Waals surface area contributed by atoms with Crippen LogP contribution in [-0.4, -0.2) is 81.1 Å². The third-order valence-corrected chi connectivity index (χ3v) is 7.40. The first-order valence-corrected chi connectivity index (χ1v) is 13.6. The van der Waals surface area contributed by atoms with Crippen molar-refractivity contribution in [1.29, 1.82) is 0 Å². The first-order valence-electron chi connectivity index (χ1n) is 13.6. The van der Waals surface area contributed by atoms with E-state index in [0.717, 1.165) is 0 Å². The summed E-state index contributed by atoms with van der Waals surface area (Å²) in [6, 6.07) is 7.35. The molecule has 13 heteroatoms. The monoisotopic (exact) mass is 566 g/mol. The number of hydrogen-bond acceptors (Lipinski definition) is 9. The van der Waals surface area contributed by atoms with Crippen LogP contribution >= 0.6 is 0 Å². The lowest BCUT2D eigenvalue weighted by atomic mass is 9.87. The number of urea groups is 1. The van der Waals surface area contributed by atoms with Crippen molar-refractivity contribution in [2.45, 2.75) is 70.2 Å². The van der Waals surface area contributed by atoms with Gasteiger partial charge in [-0.25, -0.2) is 19.7 Å². The fourth-order valence-electron chi connectivity index (χ4n) is 5.31. The summed E-state index contributed by atoms with van der Waals surface area (Å²) in [6.45, 7) is 10.7. The normalized spacial score (nSPS) is 23.4. The van der Waals surface area contributed by atoms with Crippen LogP contribution in [0.4, 0.5) is 16.3 Å². The maximum Gasteiger partial charge on any atom is 0.319 e. The molecule has 2 aliphatic rings. The molecule has 2 aliphatic heterocycles. The van der Waals surface area contributed by atoms with E-state index in [1.807, 2.05) is 38.1 Å². The van der Waals surface area contributed by atoms with Crippen LogP contribution < -0.4 is 16.4 Å². The largest absolute Gasteiger partial charge is 0.382 e.